The van der Waals surface area contributed by atoms with Crippen molar-refractivity contribution in [2.45, 2.75) is 77.1 Å². The molecule has 0 aliphatic carbocycles. The van der Waals surface area contributed by atoms with Crippen molar-refractivity contribution < 1.29 is 23.4 Å². The fourth-order valence-corrected chi connectivity index (χ4v) is 7.14. The second-order valence-electron chi connectivity index (χ2n) is 13.6. The lowest BCUT2D eigenvalue weighted by Crippen LogP contribution is -2.47. The number of rotatable bonds is 14. The van der Waals surface area contributed by atoms with Crippen LogP contribution in [0.15, 0.2) is 128 Å². The molecule has 1 aromatic heterocycles. The normalized spacial score (nSPS) is 18.8. The predicted octanol–water partition coefficient (Wildman–Crippen LogP) is 10.4. The van der Waals surface area contributed by atoms with Gasteiger partial charge in [0.25, 0.3) is 5.91 Å². The minimum atomic E-state index is -0.855. The van der Waals surface area contributed by atoms with E-state index in [-0.39, 0.29) is 29.9 Å². The van der Waals surface area contributed by atoms with Gasteiger partial charge in [-0.3, -0.25) is 4.79 Å². The van der Waals surface area contributed by atoms with Gasteiger partial charge < -0.3 is 24.1 Å². The van der Waals surface area contributed by atoms with Crippen molar-refractivity contribution in [2.24, 2.45) is 0 Å². The van der Waals surface area contributed by atoms with Gasteiger partial charge in [-0.2, -0.15) is 0 Å². The van der Waals surface area contributed by atoms with Gasteiger partial charge in [-0.15, -0.1) is 6.58 Å². The first kappa shape index (κ1) is 36.0. The molecule has 2 heterocycles. The summed E-state index contributed by atoms with van der Waals surface area (Å²) in [5.74, 6) is -1.39. The van der Waals surface area contributed by atoms with E-state index < -0.39 is 5.79 Å². The van der Waals surface area contributed by atoms with Crippen molar-refractivity contribution >= 4 is 11.6 Å². The van der Waals surface area contributed by atoms with Gasteiger partial charge in [0, 0.05) is 36.3 Å². The minimum absolute atomic E-state index is 0.0198. The van der Waals surface area contributed by atoms with Crippen molar-refractivity contribution in [3.8, 4) is 22.4 Å². The van der Waals surface area contributed by atoms with Gasteiger partial charge >= 0.3 is 0 Å². The summed E-state index contributed by atoms with van der Waals surface area (Å²) in [6.07, 6.45) is 3.37. The lowest BCUT2D eigenvalue weighted by molar-refractivity contribution is -0.287. The monoisotopic (exact) mass is 686 g/mol. The molecule has 1 aliphatic heterocycles. The van der Waals surface area contributed by atoms with E-state index in [4.69, 9.17) is 14.2 Å². The average Bonchev–Trinajstić information content (AvgIpc) is 3.49. The maximum absolute atomic E-state index is 14.5. The number of hydrogen-bond donors (Lipinski definition) is 1. The number of aromatic nitrogens is 1. The van der Waals surface area contributed by atoms with Gasteiger partial charge in [0.05, 0.1) is 36.7 Å². The summed E-state index contributed by atoms with van der Waals surface area (Å²) in [4.78, 5) is 14.5. The molecule has 1 fully saturated rings. The van der Waals surface area contributed by atoms with Gasteiger partial charge in [0.2, 0.25) is 0 Å². The van der Waals surface area contributed by atoms with Gasteiger partial charge in [-0.05, 0) is 72.4 Å². The fourth-order valence-electron chi connectivity index (χ4n) is 7.14. The number of nitrogens with one attached hydrogen (secondary N) is 1. The average molecular weight is 687 g/mol. The van der Waals surface area contributed by atoms with Gasteiger partial charge in [0.1, 0.15) is 5.82 Å². The highest BCUT2D eigenvalue weighted by Gasteiger charge is 2.40. The van der Waals surface area contributed by atoms with Crippen LogP contribution in [0.1, 0.15) is 67.6 Å². The number of ether oxygens (including phenoxy) is 3. The number of halogens is 1. The Hall–Kier alpha value is -4.82. The topological polar surface area (TPSA) is 61.7 Å². The minimum Gasteiger partial charge on any atom is -0.373 e. The summed E-state index contributed by atoms with van der Waals surface area (Å²) in [6.45, 7) is 11.4. The standard InChI is InChI=1S/C44H47FN2O4/c1-5-27-50-44(4)29-38(49-30-32-15-9-6-10-16-32)28-37(51-44)25-26-47-41(31(2)3)40(43(48)46-36-19-13-8-14-20-36)39(33-17-11-7-12-18-33)42(47)34-21-23-35(45)24-22-34/h5-24,31,37-38H,1,25-30H2,2-4H3,(H,46,48)/t37-,38-,44?/m1/s1. The Morgan fingerprint density at radius 2 is 1.61 bits per heavy atom. The van der Waals surface area contributed by atoms with Crippen LogP contribution in [0.25, 0.3) is 22.4 Å². The zero-order valence-corrected chi connectivity index (χ0v) is 29.7. The second-order valence-corrected chi connectivity index (χ2v) is 13.6. The van der Waals surface area contributed by atoms with Crippen molar-refractivity contribution in [1.82, 2.24) is 4.57 Å². The van der Waals surface area contributed by atoms with Crippen LogP contribution in [0.2, 0.25) is 0 Å². The predicted molar refractivity (Wildman–Crippen MR) is 202 cm³/mol. The maximum Gasteiger partial charge on any atom is 0.258 e. The summed E-state index contributed by atoms with van der Waals surface area (Å²) in [7, 11) is 0. The van der Waals surface area contributed by atoms with Crippen LogP contribution >= 0.6 is 0 Å². The Morgan fingerprint density at radius 3 is 2.25 bits per heavy atom. The van der Waals surface area contributed by atoms with Crippen LogP contribution in [0, 0.1) is 5.82 Å². The zero-order chi connectivity index (χ0) is 35.8. The largest absolute Gasteiger partial charge is 0.373 e. The smallest absolute Gasteiger partial charge is 0.258 e. The summed E-state index contributed by atoms with van der Waals surface area (Å²) in [5, 5.41) is 3.16. The Bertz CT molecular complexity index is 1890. The molecule has 0 spiro atoms. The van der Waals surface area contributed by atoms with E-state index in [1.165, 1.54) is 12.1 Å². The molecule has 51 heavy (non-hydrogen) atoms. The molecule has 0 radical (unpaired) electrons. The molecule has 3 atom stereocenters. The molecular weight excluding hydrogens is 639 g/mol. The molecule has 0 bridgehead atoms. The maximum atomic E-state index is 14.5. The summed E-state index contributed by atoms with van der Waals surface area (Å²) < 4.78 is 36.0. The summed E-state index contributed by atoms with van der Waals surface area (Å²) in [6, 6.07) is 36.2. The van der Waals surface area contributed by atoms with Crippen LogP contribution in [-0.2, 0) is 27.4 Å². The Kier molecular flexibility index (Phi) is 11.6. The molecule has 6 rings (SSSR count). The van der Waals surface area contributed by atoms with E-state index in [1.807, 2.05) is 85.8 Å². The number of para-hydroxylation sites is 1. The van der Waals surface area contributed by atoms with Crippen molar-refractivity contribution in [1.29, 1.82) is 0 Å². The molecule has 1 amide bonds. The number of benzene rings is 4. The van der Waals surface area contributed by atoms with Crippen molar-refractivity contribution in [3.63, 3.8) is 0 Å². The molecule has 5 aromatic rings. The van der Waals surface area contributed by atoms with Gasteiger partial charge in [-0.25, -0.2) is 4.39 Å². The Balaban J connectivity index is 1.41. The molecule has 1 saturated heterocycles. The lowest BCUT2D eigenvalue weighted by Gasteiger charge is -2.42. The first-order valence-corrected chi connectivity index (χ1v) is 17.8. The van der Waals surface area contributed by atoms with E-state index in [0.29, 0.717) is 50.3 Å². The molecule has 4 aromatic carbocycles. The Labute approximate surface area is 300 Å². The molecule has 7 heteroatoms. The molecule has 0 saturated carbocycles. The van der Waals surface area contributed by atoms with E-state index in [2.05, 4.69) is 42.4 Å². The number of carbonyl (C=O) groups is 1. The van der Waals surface area contributed by atoms with E-state index in [9.17, 15) is 9.18 Å². The van der Waals surface area contributed by atoms with Crippen LogP contribution in [0.5, 0.6) is 0 Å². The zero-order valence-electron chi connectivity index (χ0n) is 29.7. The first-order chi connectivity index (χ1) is 24.7. The molecule has 1 unspecified atom stereocenters. The van der Waals surface area contributed by atoms with E-state index in [1.54, 1.807) is 18.2 Å². The number of hydrogen-bond acceptors (Lipinski definition) is 4. The second kappa shape index (κ2) is 16.5. The van der Waals surface area contributed by atoms with Gasteiger partial charge in [-0.1, -0.05) is 98.8 Å². The molecule has 264 valence electrons. The van der Waals surface area contributed by atoms with Crippen LogP contribution in [-0.4, -0.2) is 35.1 Å². The van der Waals surface area contributed by atoms with E-state index >= 15 is 0 Å². The lowest BCUT2D eigenvalue weighted by atomic mass is 9.94. The van der Waals surface area contributed by atoms with Crippen LogP contribution in [0.3, 0.4) is 0 Å². The molecular formula is C44H47FN2O4. The van der Waals surface area contributed by atoms with E-state index in [0.717, 1.165) is 33.6 Å². The first-order valence-electron chi connectivity index (χ1n) is 17.8. The third kappa shape index (κ3) is 8.74. The third-order valence-electron chi connectivity index (χ3n) is 9.34. The number of anilines is 1. The van der Waals surface area contributed by atoms with Crippen molar-refractivity contribution in [2.75, 3.05) is 11.9 Å². The van der Waals surface area contributed by atoms with Crippen molar-refractivity contribution in [3.05, 3.63) is 151 Å². The quantitative estimate of drug-likeness (QED) is 0.118. The number of carbonyl (C=O) groups excluding carboxylic acids is 1. The summed E-state index contributed by atoms with van der Waals surface area (Å²) >= 11 is 0. The molecule has 1 aliphatic rings. The number of nitrogens with zero attached hydrogens (tertiary/aromatic N) is 1. The molecule has 1 N–H and O–H groups in total. The highest BCUT2D eigenvalue weighted by Crippen LogP contribution is 2.43. The van der Waals surface area contributed by atoms with Crippen LogP contribution in [0.4, 0.5) is 10.1 Å². The fraction of sp³-hybridized carbons (Fsp3) is 0.295. The highest BCUT2D eigenvalue weighted by molar-refractivity contribution is 6.12. The highest BCUT2D eigenvalue weighted by atomic mass is 19.1. The van der Waals surface area contributed by atoms with Crippen LogP contribution < -0.4 is 5.32 Å². The number of amides is 1. The van der Waals surface area contributed by atoms with Gasteiger partial charge in [0.15, 0.2) is 5.79 Å². The summed E-state index contributed by atoms with van der Waals surface area (Å²) in [5.41, 5.74) is 6.74. The Morgan fingerprint density at radius 1 is 0.961 bits per heavy atom. The SMILES string of the molecule is C=CCOC1(C)C[C@H](OCc2ccccc2)C[C@@H](CCn2c(-c3ccc(F)cc3)c(-c3ccccc3)c(C(=O)Nc3ccccc3)c2C(C)C)O1. The molecule has 6 nitrogen and oxygen atoms in total. The third-order valence-corrected chi connectivity index (χ3v) is 9.34.